The number of hydrogen-bond acceptors (Lipinski definition) is 5. The van der Waals surface area contributed by atoms with E-state index in [2.05, 4.69) is 25.9 Å². The summed E-state index contributed by atoms with van der Waals surface area (Å²) < 4.78 is 0. The molecule has 0 aromatic carbocycles. The van der Waals surface area contributed by atoms with Crippen LogP contribution in [0.25, 0.3) is 0 Å². The Bertz CT molecular complexity index is 218. The molecule has 0 fully saturated rings. The lowest BCUT2D eigenvalue weighted by molar-refractivity contribution is 0.0944. The van der Waals surface area contributed by atoms with Gasteiger partial charge in [-0.05, 0) is 5.21 Å². The summed E-state index contributed by atoms with van der Waals surface area (Å²) in [6.07, 6.45) is 0. The first-order chi connectivity index (χ1) is 5.34. The molecule has 0 saturated heterocycles. The molecule has 7 nitrogen and oxygen atoms in total. The zero-order valence-electron chi connectivity index (χ0n) is 5.74. The van der Waals surface area contributed by atoms with Crippen LogP contribution in [-0.4, -0.2) is 39.6 Å². The van der Waals surface area contributed by atoms with Gasteiger partial charge in [-0.2, -0.15) is 5.21 Å². The highest BCUT2D eigenvalue weighted by Crippen LogP contribution is 1.80. The normalized spacial score (nSPS) is 9.55. The molecule has 0 spiro atoms. The number of tetrazole rings is 1. The van der Waals surface area contributed by atoms with Crippen molar-refractivity contribution in [2.45, 2.75) is 0 Å². The smallest absolute Gasteiger partial charge is 0.292 e. The number of nitrogens with one attached hydrogen (secondary N) is 2. The minimum absolute atomic E-state index is 0.0263. The molecule has 4 N–H and O–H groups in total. The fraction of sp³-hybridized carbons (Fsp3) is 0.500. The van der Waals surface area contributed by atoms with Crippen molar-refractivity contribution < 1.29 is 4.79 Å². The first kappa shape index (κ1) is 7.61. The number of hydrogen-bond donors (Lipinski definition) is 3. The summed E-state index contributed by atoms with van der Waals surface area (Å²) in [6.45, 7) is 0.803. The summed E-state index contributed by atoms with van der Waals surface area (Å²) in [5, 5.41) is 14.8. The number of amides is 1. The Balaban J connectivity index is 2.43. The highest BCUT2D eigenvalue weighted by Gasteiger charge is 2.07. The Morgan fingerprint density at radius 1 is 1.73 bits per heavy atom. The molecule has 0 aliphatic carbocycles. The molecule has 0 atom stereocenters. The SMILES string of the molecule is NCCNC(=O)c1nn[nH]n1. The van der Waals surface area contributed by atoms with Crippen LogP contribution in [0.3, 0.4) is 0 Å². The summed E-state index contributed by atoms with van der Waals surface area (Å²) in [6, 6.07) is 0. The van der Waals surface area contributed by atoms with E-state index in [-0.39, 0.29) is 11.7 Å². The van der Waals surface area contributed by atoms with Crippen LogP contribution in [0.15, 0.2) is 0 Å². The van der Waals surface area contributed by atoms with E-state index in [1.54, 1.807) is 0 Å². The molecule has 0 bridgehead atoms. The molecule has 11 heavy (non-hydrogen) atoms. The van der Waals surface area contributed by atoms with Gasteiger partial charge in [0.15, 0.2) is 0 Å². The van der Waals surface area contributed by atoms with Gasteiger partial charge in [-0.15, -0.1) is 10.2 Å². The van der Waals surface area contributed by atoms with Crippen molar-refractivity contribution in [2.24, 2.45) is 5.73 Å². The molecule has 1 heterocycles. The number of nitrogens with two attached hydrogens (primary N) is 1. The number of aromatic amines is 1. The van der Waals surface area contributed by atoms with Crippen molar-refractivity contribution in [2.75, 3.05) is 13.1 Å². The second-order valence-electron chi connectivity index (χ2n) is 1.78. The van der Waals surface area contributed by atoms with Gasteiger partial charge in [0.2, 0.25) is 0 Å². The monoisotopic (exact) mass is 156 g/mol. The zero-order chi connectivity index (χ0) is 8.10. The molecule has 0 saturated carbocycles. The third kappa shape index (κ3) is 1.97. The van der Waals surface area contributed by atoms with Crippen LogP contribution in [-0.2, 0) is 0 Å². The number of carbonyl (C=O) groups is 1. The predicted octanol–water partition coefficient (Wildman–Crippen LogP) is -2.11. The Morgan fingerprint density at radius 2 is 2.55 bits per heavy atom. The van der Waals surface area contributed by atoms with Crippen LogP contribution in [0.5, 0.6) is 0 Å². The lowest BCUT2D eigenvalue weighted by Crippen LogP contribution is -2.29. The van der Waals surface area contributed by atoms with Crippen LogP contribution < -0.4 is 11.1 Å². The van der Waals surface area contributed by atoms with Gasteiger partial charge in [-0.3, -0.25) is 4.79 Å². The molecule has 1 rings (SSSR count). The van der Waals surface area contributed by atoms with Crippen LogP contribution in [0.2, 0.25) is 0 Å². The molecule has 1 amide bonds. The lowest BCUT2D eigenvalue weighted by atomic mass is 10.5. The van der Waals surface area contributed by atoms with E-state index in [1.807, 2.05) is 0 Å². The number of H-pyrrole nitrogens is 1. The van der Waals surface area contributed by atoms with Gasteiger partial charge >= 0.3 is 0 Å². The maximum absolute atomic E-state index is 10.9. The summed E-state index contributed by atoms with van der Waals surface area (Å²) in [5.41, 5.74) is 5.15. The Morgan fingerprint density at radius 3 is 3.09 bits per heavy atom. The largest absolute Gasteiger partial charge is 0.348 e. The van der Waals surface area contributed by atoms with Crippen LogP contribution >= 0.6 is 0 Å². The number of nitrogens with zero attached hydrogens (tertiary/aromatic N) is 3. The minimum Gasteiger partial charge on any atom is -0.348 e. The average Bonchev–Trinajstić information content (AvgIpc) is 2.52. The fourth-order valence-corrected chi connectivity index (χ4v) is 0.523. The van der Waals surface area contributed by atoms with Gasteiger partial charge in [-0.25, -0.2) is 0 Å². The van der Waals surface area contributed by atoms with Crippen molar-refractivity contribution in [3.8, 4) is 0 Å². The molecular formula is C4H8N6O. The molecular weight excluding hydrogens is 148 g/mol. The standard InChI is InChI=1S/C4H8N6O/c5-1-2-6-4(11)3-7-9-10-8-3/h1-2,5H2,(H,6,11)(H,7,8,9,10). The van der Waals surface area contributed by atoms with Crippen molar-refractivity contribution in [3.63, 3.8) is 0 Å². The molecule has 0 aliphatic heterocycles. The maximum Gasteiger partial charge on any atom is 0.292 e. The van der Waals surface area contributed by atoms with Gasteiger partial charge in [-0.1, -0.05) is 0 Å². The lowest BCUT2D eigenvalue weighted by Gasteiger charge is -1.96. The van der Waals surface area contributed by atoms with Gasteiger partial charge in [0.1, 0.15) is 0 Å². The minimum atomic E-state index is -0.371. The van der Waals surface area contributed by atoms with Crippen molar-refractivity contribution in [1.29, 1.82) is 0 Å². The van der Waals surface area contributed by atoms with Gasteiger partial charge in [0, 0.05) is 13.1 Å². The molecule has 1 aromatic heterocycles. The third-order valence-electron chi connectivity index (χ3n) is 0.978. The fourth-order valence-electron chi connectivity index (χ4n) is 0.523. The van der Waals surface area contributed by atoms with Crippen molar-refractivity contribution >= 4 is 5.91 Å². The van der Waals surface area contributed by atoms with Gasteiger partial charge in [0.25, 0.3) is 11.7 Å². The van der Waals surface area contributed by atoms with Crippen LogP contribution in [0.4, 0.5) is 0 Å². The molecule has 0 aliphatic rings. The summed E-state index contributed by atoms with van der Waals surface area (Å²) >= 11 is 0. The maximum atomic E-state index is 10.9. The first-order valence-electron chi connectivity index (χ1n) is 3.06. The summed E-state index contributed by atoms with van der Waals surface area (Å²) in [5.74, 6) is -0.345. The first-order valence-corrected chi connectivity index (χ1v) is 3.06. The van der Waals surface area contributed by atoms with Gasteiger partial charge in [0.05, 0.1) is 0 Å². The number of aromatic nitrogens is 4. The molecule has 0 unspecified atom stereocenters. The highest BCUT2D eigenvalue weighted by molar-refractivity contribution is 5.89. The van der Waals surface area contributed by atoms with E-state index in [0.29, 0.717) is 13.1 Å². The van der Waals surface area contributed by atoms with E-state index in [0.717, 1.165) is 0 Å². The second kappa shape index (κ2) is 3.62. The molecule has 60 valence electrons. The van der Waals surface area contributed by atoms with Gasteiger partial charge < -0.3 is 11.1 Å². The molecule has 0 radical (unpaired) electrons. The average molecular weight is 156 g/mol. The summed E-state index contributed by atoms with van der Waals surface area (Å²) in [4.78, 5) is 10.9. The number of carbonyl (C=O) groups excluding carboxylic acids is 1. The van der Waals surface area contributed by atoms with E-state index in [9.17, 15) is 4.79 Å². The highest BCUT2D eigenvalue weighted by atomic mass is 16.2. The van der Waals surface area contributed by atoms with Crippen molar-refractivity contribution in [3.05, 3.63) is 5.82 Å². The Labute approximate surface area is 62.4 Å². The topological polar surface area (TPSA) is 110 Å². The van der Waals surface area contributed by atoms with Crippen LogP contribution in [0.1, 0.15) is 10.6 Å². The molecule has 7 heteroatoms. The van der Waals surface area contributed by atoms with Crippen molar-refractivity contribution in [1.82, 2.24) is 25.9 Å². The Hall–Kier alpha value is -1.50. The van der Waals surface area contributed by atoms with Crippen LogP contribution in [0, 0.1) is 0 Å². The predicted molar refractivity (Wildman–Crippen MR) is 35.6 cm³/mol. The summed E-state index contributed by atoms with van der Waals surface area (Å²) in [7, 11) is 0. The number of rotatable bonds is 3. The van der Waals surface area contributed by atoms with E-state index in [4.69, 9.17) is 5.73 Å². The third-order valence-corrected chi connectivity index (χ3v) is 0.978. The Kier molecular flexibility index (Phi) is 2.50. The zero-order valence-corrected chi connectivity index (χ0v) is 5.74. The van der Waals surface area contributed by atoms with E-state index in [1.165, 1.54) is 0 Å². The van der Waals surface area contributed by atoms with E-state index >= 15 is 0 Å². The van der Waals surface area contributed by atoms with E-state index < -0.39 is 0 Å². The quantitative estimate of drug-likeness (QED) is 0.464. The second-order valence-corrected chi connectivity index (χ2v) is 1.78. The molecule has 1 aromatic rings.